The van der Waals surface area contributed by atoms with Gasteiger partial charge in [-0.25, -0.2) is 0 Å². The van der Waals surface area contributed by atoms with E-state index in [1.54, 1.807) is 14.2 Å². The molecule has 184 valence electrons. The molecule has 2 nitrogen and oxygen atoms in total. The van der Waals surface area contributed by atoms with Crippen LogP contribution in [0.4, 0.5) is 0 Å². The molecule has 0 aromatic heterocycles. The number of hydrogen-bond acceptors (Lipinski definition) is 2. The van der Waals surface area contributed by atoms with Crippen LogP contribution in [-0.4, -0.2) is 14.2 Å². The molecule has 0 saturated heterocycles. The summed E-state index contributed by atoms with van der Waals surface area (Å²) in [6, 6.07) is 33.2. The van der Waals surface area contributed by atoms with Crippen LogP contribution >= 0.6 is 0 Å². The van der Waals surface area contributed by atoms with Crippen LogP contribution in [0, 0.1) is 27.7 Å². The van der Waals surface area contributed by atoms with Crippen molar-refractivity contribution in [3.63, 3.8) is 0 Å². The highest BCUT2D eigenvalue weighted by atomic mass is 16.5. The summed E-state index contributed by atoms with van der Waals surface area (Å²) >= 11 is 0. The number of hydrogen-bond donors (Lipinski definition) is 0. The Labute approximate surface area is 212 Å². The Bertz CT molecular complexity index is 1020. The smallest absolute Gasteiger partial charge is 0.118 e. The van der Waals surface area contributed by atoms with E-state index in [9.17, 15) is 0 Å². The molecule has 0 fully saturated rings. The maximum absolute atomic E-state index is 5.20. The van der Waals surface area contributed by atoms with Gasteiger partial charge in [-0.1, -0.05) is 86.6 Å². The van der Waals surface area contributed by atoms with Gasteiger partial charge in [0.05, 0.1) is 14.2 Å². The zero-order valence-corrected chi connectivity index (χ0v) is 22.6. The summed E-state index contributed by atoms with van der Waals surface area (Å²) < 4.78 is 10.4. The van der Waals surface area contributed by atoms with Crippen molar-refractivity contribution in [2.45, 2.75) is 47.0 Å². The molecule has 0 amide bonds. The molecule has 0 aliphatic rings. The lowest BCUT2D eigenvalue weighted by molar-refractivity contribution is 0.414. The molecule has 0 aliphatic heterocycles. The first-order chi connectivity index (χ1) is 16.7. The third-order valence-electron chi connectivity index (χ3n) is 6.47. The molecule has 0 aliphatic carbocycles. The second kappa shape index (κ2) is 13.4. The molecular formula is C33H40O2. The summed E-state index contributed by atoms with van der Waals surface area (Å²) in [4.78, 5) is 0. The fraction of sp³-hybridized carbons (Fsp3) is 0.273. The van der Waals surface area contributed by atoms with E-state index in [0.29, 0.717) is 0 Å². The van der Waals surface area contributed by atoms with Gasteiger partial charge in [0.25, 0.3) is 0 Å². The van der Waals surface area contributed by atoms with Gasteiger partial charge in [0.1, 0.15) is 11.5 Å². The van der Waals surface area contributed by atoms with Crippen LogP contribution < -0.4 is 9.47 Å². The van der Waals surface area contributed by atoms with Crippen LogP contribution in [-0.2, 0) is 5.41 Å². The van der Waals surface area contributed by atoms with E-state index in [2.05, 4.69) is 114 Å². The van der Waals surface area contributed by atoms with Crippen LogP contribution in [0.3, 0.4) is 0 Å². The summed E-state index contributed by atoms with van der Waals surface area (Å²) in [5.41, 5.74) is 7.95. The standard InChI is InChI=1S/C17H20O2.2C8H10/c1-17(2,13-5-9-15(18-3)10-6-13)14-7-11-16(19-4)12-8-14;2*1-7-5-3-4-6-8(7)2/h5-12H,1-4H3;2*3-6H,1-2H3. The summed E-state index contributed by atoms with van der Waals surface area (Å²) in [6.45, 7) is 12.9. The highest BCUT2D eigenvalue weighted by Crippen LogP contribution is 2.33. The van der Waals surface area contributed by atoms with Crippen molar-refractivity contribution < 1.29 is 9.47 Å². The van der Waals surface area contributed by atoms with Crippen molar-refractivity contribution in [2.24, 2.45) is 0 Å². The molecule has 35 heavy (non-hydrogen) atoms. The fourth-order valence-electron chi connectivity index (χ4n) is 3.51. The maximum Gasteiger partial charge on any atom is 0.118 e. The second-order valence-corrected chi connectivity index (χ2v) is 9.25. The molecule has 0 heterocycles. The van der Waals surface area contributed by atoms with E-state index in [1.807, 2.05) is 24.3 Å². The molecule has 0 saturated carbocycles. The normalized spacial score (nSPS) is 10.3. The molecule has 4 rings (SSSR count). The number of rotatable bonds is 4. The largest absolute Gasteiger partial charge is 0.497 e. The van der Waals surface area contributed by atoms with Gasteiger partial charge in [0, 0.05) is 5.41 Å². The average Bonchev–Trinajstić information content (AvgIpc) is 2.88. The fourth-order valence-corrected chi connectivity index (χ4v) is 3.51. The monoisotopic (exact) mass is 468 g/mol. The minimum atomic E-state index is -0.0431. The minimum absolute atomic E-state index is 0.0431. The molecule has 0 unspecified atom stereocenters. The highest BCUT2D eigenvalue weighted by molar-refractivity contribution is 5.41. The van der Waals surface area contributed by atoms with E-state index in [0.717, 1.165) is 11.5 Å². The molecule has 4 aromatic carbocycles. The second-order valence-electron chi connectivity index (χ2n) is 9.25. The van der Waals surface area contributed by atoms with Gasteiger partial charge < -0.3 is 9.47 Å². The van der Waals surface area contributed by atoms with Crippen molar-refractivity contribution in [2.75, 3.05) is 14.2 Å². The molecule has 0 N–H and O–H groups in total. The summed E-state index contributed by atoms with van der Waals surface area (Å²) in [5.74, 6) is 1.77. The van der Waals surface area contributed by atoms with Gasteiger partial charge in [0.2, 0.25) is 0 Å². The Morgan fingerprint density at radius 2 is 0.686 bits per heavy atom. The van der Waals surface area contributed by atoms with Crippen LogP contribution in [0.1, 0.15) is 47.2 Å². The van der Waals surface area contributed by atoms with Crippen molar-refractivity contribution in [3.05, 3.63) is 130 Å². The molecule has 0 bridgehead atoms. The minimum Gasteiger partial charge on any atom is -0.497 e. The zero-order chi connectivity index (χ0) is 25.8. The quantitative estimate of drug-likeness (QED) is 0.298. The van der Waals surface area contributed by atoms with Gasteiger partial charge >= 0.3 is 0 Å². The SMILES string of the molecule is COc1ccc(C(C)(C)c2ccc(OC)cc2)cc1.Cc1ccccc1C.Cc1ccccc1C. The number of benzene rings is 4. The van der Waals surface area contributed by atoms with Crippen LogP contribution in [0.25, 0.3) is 0 Å². The first kappa shape index (κ1) is 27.7. The Morgan fingerprint density at radius 3 is 0.886 bits per heavy atom. The number of ether oxygens (including phenoxy) is 2. The van der Waals surface area contributed by atoms with Gasteiger partial charge in [-0.15, -0.1) is 0 Å². The third kappa shape index (κ3) is 8.33. The predicted molar refractivity (Wildman–Crippen MR) is 150 cm³/mol. The van der Waals surface area contributed by atoms with E-state index in [4.69, 9.17) is 9.47 Å². The van der Waals surface area contributed by atoms with Crippen molar-refractivity contribution in [1.29, 1.82) is 0 Å². The van der Waals surface area contributed by atoms with Crippen LogP contribution in [0.2, 0.25) is 0 Å². The van der Waals surface area contributed by atoms with Gasteiger partial charge in [0.15, 0.2) is 0 Å². The van der Waals surface area contributed by atoms with E-state index >= 15 is 0 Å². The average molecular weight is 469 g/mol. The summed E-state index contributed by atoms with van der Waals surface area (Å²) in [5, 5.41) is 0. The first-order valence-corrected chi connectivity index (χ1v) is 12.0. The van der Waals surface area contributed by atoms with Gasteiger partial charge in [-0.05, 0) is 85.3 Å². The lowest BCUT2D eigenvalue weighted by Gasteiger charge is -2.26. The molecule has 0 atom stereocenters. The van der Waals surface area contributed by atoms with Gasteiger partial charge in [-0.3, -0.25) is 0 Å². The molecule has 4 aromatic rings. The Morgan fingerprint density at radius 1 is 0.429 bits per heavy atom. The van der Waals surface area contributed by atoms with Crippen LogP contribution in [0.15, 0.2) is 97.1 Å². The Kier molecular flexibility index (Phi) is 10.6. The van der Waals surface area contributed by atoms with E-state index in [1.165, 1.54) is 33.4 Å². The maximum atomic E-state index is 5.20. The zero-order valence-electron chi connectivity index (χ0n) is 22.6. The molecule has 0 spiro atoms. The van der Waals surface area contributed by atoms with Crippen molar-refractivity contribution >= 4 is 0 Å². The van der Waals surface area contributed by atoms with Gasteiger partial charge in [-0.2, -0.15) is 0 Å². The highest BCUT2D eigenvalue weighted by Gasteiger charge is 2.22. The number of methoxy groups -OCH3 is 2. The third-order valence-corrected chi connectivity index (χ3v) is 6.47. The number of aryl methyl sites for hydroxylation is 4. The topological polar surface area (TPSA) is 18.5 Å². The Balaban J connectivity index is 0.000000221. The van der Waals surface area contributed by atoms with E-state index in [-0.39, 0.29) is 5.41 Å². The van der Waals surface area contributed by atoms with Crippen molar-refractivity contribution in [3.8, 4) is 11.5 Å². The molecular weight excluding hydrogens is 428 g/mol. The van der Waals surface area contributed by atoms with Crippen LogP contribution in [0.5, 0.6) is 11.5 Å². The predicted octanol–water partition coefficient (Wildman–Crippen LogP) is 8.64. The van der Waals surface area contributed by atoms with Crippen molar-refractivity contribution in [1.82, 2.24) is 0 Å². The summed E-state index contributed by atoms with van der Waals surface area (Å²) in [7, 11) is 3.37. The summed E-state index contributed by atoms with van der Waals surface area (Å²) in [6.07, 6.45) is 0. The first-order valence-electron chi connectivity index (χ1n) is 12.0. The molecule has 2 heteroatoms. The van der Waals surface area contributed by atoms with E-state index < -0.39 is 0 Å². The lowest BCUT2D eigenvalue weighted by Crippen LogP contribution is -2.18. The Hall–Kier alpha value is -3.52. The lowest BCUT2D eigenvalue weighted by atomic mass is 9.78. The molecule has 0 radical (unpaired) electrons.